The van der Waals surface area contributed by atoms with Crippen LogP contribution in [0, 0.1) is 6.65 Å². The van der Waals surface area contributed by atoms with Gasteiger partial charge in [-0.2, -0.15) is 0 Å². The molecule has 1 aromatic carbocycles. The third kappa shape index (κ3) is 3.84. The minimum atomic E-state index is -1.08. The van der Waals surface area contributed by atoms with E-state index in [-0.39, 0.29) is 5.91 Å². The fourth-order valence-corrected chi connectivity index (χ4v) is 7.24. The number of benzene rings is 1. The molecule has 0 saturated carbocycles. The topological polar surface area (TPSA) is 80.6 Å². The molecule has 9 heteroatoms. The minimum Gasteiger partial charge on any atom is -0.459 e. The number of nitrogens with one attached hydrogen (secondary N) is 2. The van der Waals surface area contributed by atoms with Gasteiger partial charge in [0.25, 0.3) is 0 Å². The van der Waals surface area contributed by atoms with Crippen LogP contribution in [0.2, 0.25) is 0 Å². The Hall–Kier alpha value is -1.44. The molecule has 2 N–H and O–H groups in total. The number of rotatable bonds is 3. The number of esters is 1. The van der Waals surface area contributed by atoms with Crippen LogP contribution in [0.25, 0.3) is 0 Å². The van der Waals surface area contributed by atoms with E-state index in [9.17, 15) is 9.59 Å². The Balaban J connectivity index is 1.76. The molecular weight excluding hydrogens is 666 g/mol. The van der Waals surface area contributed by atoms with E-state index in [1.165, 1.54) is 0 Å². The van der Waals surface area contributed by atoms with Crippen molar-refractivity contribution in [1.82, 2.24) is 5.32 Å². The number of fused-ring (bicyclic) bond motifs is 2. The Kier molecular flexibility index (Phi) is 5.90. The lowest BCUT2D eigenvalue weighted by molar-refractivity contribution is -0.157. The van der Waals surface area contributed by atoms with Gasteiger partial charge in [-0.05, 0) is 102 Å². The molecule has 0 unspecified atom stereocenters. The van der Waals surface area contributed by atoms with Crippen molar-refractivity contribution >= 4 is 74.1 Å². The van der Waals surface area contributed by atoms with E-state index in [4.69, 9.17) is 9.15 Å². The van der Waals surface area contributed by atoms with Crippen LogP contribution >= 0.6 is 56.5 Å². The molecule has 2 aliphatic heterocycles. The van der Waals surface area contributed by atoms with Gasteiger partial charge in [0.05, 0.1) is 14.8 Å². The molecular formula is C24H22I2N2O4S. The van der Waals surface area contributed by atoms with Crippen molar-refractivity contribution in [3.05, 3.63) is 71.4 Å². The number of halogens is 2. The van der Waals surface area contributed by atoms with Gasteiger partial charge in [-0.3, -0.25) is 14.9 Å². The summed E-state index contributed by atoms with van der Waals surface area (Å²) in [6.07, 6.45) is 0. The van der Waals surface area contributed by atoms with Gasteiger partial charge in [-0.1, -0.05) is 18.2 Å². The normalized spacial score (nSPS) is 26.5. The standard InChI is InChI=1S/C24H22I2N2O4S/c1-23(2,3)32-21(29)19-18(14-8-10-16(25)31-14)24(20(28-19)15-9-11-17(26)33-15)12-6-4-5-7-13(12)27-22(24)30/h4-11,18-20,28H,1-3H3,(H,27,30)/t18-,19+,20-,24-/m1/s1. The zero-order valence-electron chi connectivity index (χ0n) is 18.1. The van der Waals surface area contributed by atoms with E-state index >= 15 is 0 Å². The van der Waals surface area contributed by atoms with Crippen LogP contribution in [0.3, 0.4) is 0 Å². The Morgan fingerprint density at radius 3 is 2.52 bits per heavy atom. The third-order valence-electron chi connectivity index (χ3n) is 6.06. The van der Waals surface area contributed by atoms with Crippen molar-refractivity contribution in [2.24, 2.45) is 0 Å². The van der Waals surface area contributed by atoms with Gasteiger partial charge in [0.1, 0.15) is 22.8 Å². The summed E-state index contributed by atoms with van der Waals surface area (Å²) in [5.74, 6) is -0.552. The summed E-state index contributed by atoms with van der Waals surface area (Å²) >= 11 is 6.00. The summed E-state index contributed by atoms with van der Waals surface area (Å²) in [4.78, 5) is 28.5. The number of para-hydroxylation sites is 1. The Bertz CT molecular complexity index is 1250. The van der Waals surface area contributed by atoms with E-state index < -0.39 is 35.0 Å². The first kappa shape index (κ1) is 23.3. The van der Waals surface area contributed by atoms with E-state index in [2.05, 4.69) is 55.8 Å². The van der Waals surface area contributed by atoms with Crippen LogP contribution in [0.1, 0.15) is 48.9 Å². The van der Waals surface area contributed by atoms with Crippen LogP contribution in [0.4, 0.5) is 5.69 Å². The number of hydrogen-bond acceptors (Lipinski definition) is 6. The average molecular weight is 688 g/mol. The number of thiophene rings is 1. The predicted octanol–water partition coefficient (Wildman–Crippen LogP) is 5.58. The number of amides is 1. The third-order valence-corrected chi connectivity index (χ3v) is 8.60. The summed E-state index contributed by atoms with van der Waals surface area (Å²) in [5, 5.41) is 6.59. The van der Waals surface area contributed by atoms with Crippen LogP contribution in [0.15, 0.2) is 52.9 Å². The maximum Gasteiger partial charge on any atom is 0.324 e. The Morgan fingerprint density at radius 2 is 1.88 bits per heavy atom. The molecule has 4 atom stereocenters. The second-order valence-corrected chi connectivity index (χ2v) is 13.3. The van der Waals surface area contributed by atoms with Crippen molar-refractivity contribution < 1.29 is 18.7 Å². The largest absolute Gasteiger partial charge is 0.459 e. The maximum absolute atomic E-state index is 13.9. The molecule has 2 aliphatic rings. The average Bonchev–Trinajstić information content (AvgIpc) is 3.48. The van der Waals surface area contributed by atoms with Gasteiger partial charge in [-0.15, -0.1) is 11.3 Å². The number of anilines is 1. The second kappa shape index (κ2) is 8.35. The van der Waals surface area contributed by atoms with Crippen molar-refractivity contribution in [2.45, 2.75) is 49.8 Å². The van der Waals surface area contributed by atoms with Crippen molar-refractivity contribution in [3.63, 3.8) is 0 Å². The van der Waals surface area contributed by atoms with Gasteiger partial charge in [0.2, 0.25) is 5.91 Å². The zero-order valence-corrected chi connectivity index (χ0v) is 23.3. The summed E-state index contributed by atoms with van der Waals surface area (Å²) in [6, 6.07) is 14.3. The molecule has 2 aromatic heterocycles. The van der Waals surface area contributed by atoms with Crippen molar-refractivity contribution in [1.29, 1.82) is 0 Å². The minimum absolute atomic E-state index is 0.146. The number of carbonyl (C=O) groups is 2. The fraction of sp³-hybridized carbons (Fsp3) is 0.333. The van der Waals surface area contributed by atoms with Crippen molar-refractivity contribution in [3.8, 4) is 0 Å². The molecule has 4 heterocycles. The molecule has 33 heavy (non-hydrogen) atoms. The van der Waals surface area contributed by atoms with Crippen LogP contribution in [-0.2, 0) is 19.7 Å². The number of carbonyl (C=O) groups excluding carboxylic acids is 2. The lowest BCUT2D eigenvalue weighted by Crippen LogP contribution is -2.44. The summed E-state index contributed by atoms with van der Waals surface area (Å²) < 4.78 is 13.7. The number of hydrogen-bond donors (Lipinski definition) is 2. The monoisotopic (exact) mass is 688 g/mol. The van der Waals surface area contributed by atoms with Gasteiger partial charge >= 0.3 is 5.97 Å². The zero-order chi connectivity index (χ0) is 23.5. The van der Waals surface area contributed by atoms with Crippen molar-refractivity contribution in [2.75, 3.05) is 5.32 Å². The van der Waals surface area contributed by atoms with E-state index in [1.54, 1.807) is 11.3 Å². The van der Waals surface area contributed by atoms with Gasteiger partial charge in [-0.25, -0.2) is 0 Å². The maximum atomic E-state index is 13.9. The quantitative estimate of drug-likeness (QED) is 0.278. The lowest BCUT2D eigenvalue weighted by Gasteiger charge is -2.33. The molecule has 6 nitrogen and oxygen atoms in total. The lowest BCUT2D eigenvalue weighted by atomic mass is 9.66. The van der Waals surface area contributed by atoms with E-state index in [0.717, 1.165) is 19.0 Å². The van der Waals surface area contributed by atoms with E-state index in [0.29, 0.717) is 9.53 Å². The first-order valence-corrected chi connectivity index (χ1v) is 13.5. The number of ether oxygens (including phenoxy) is 1. The van der Waals surface area contributed by atoms with E-state index in [1.807, 2.05) is 69.3 Å². The molecule has 3 aromatic rings. The fourth-order valence-electron chi connectivity index (χ4n) is 4.99. The summed E-state index contributed by atoms with van der Waals surface area (Å²) in [7, 11) is 0. The summed E-state index contributed by atoms with van der Waals surface area (Å²) in [5.41, 5.74) is -0.122. The highest BCUT2D eigenvalue weighted by Crippen LogP contribution is 2.60. The van der Waals surface area contributed by atoms with Crippen LogP contribution in [-0.4, -0.2) is 23.5 Å². The first-order valence-electron chi connectivity index (χ1n) is 10.5. The molecule has 0 aliphatic carbocycles. The molecule has 5 rings (SSSR count). The Labute approximate surface area is 223 Å². The van der Waals surface area contributed by atoms with Gasteiger partial charge < -0.3 is 14.5 Å². The molecule has 172 valence electrons. The first-order chi connectivity index (χ1) is 15.6. The molecule has 1 fully saturated rings. The number of furan rings is 1. The predicted molar refractivity (Wildman–Crippen MR) is 143 cm³/mol. The molecule has 1 amide bonds. The van der Waals surface area contributed by atoms with Gasteiger partial charge in [0, 0.05) is 10.6 Å². The highest BCUT2D eigenvalue weighted by molar-refractivity contribution is 14.1. The van der Waals surface area contributed by atoms with Crippen LogP contribution < -0.4 is 10.6 Å². The summed E-state index contributed by atoms with van der Waals surface area (Å²) in [6.45, 7) is 5.53. The van der Waals surface area contributed by atoms with Crippen LogP contribution in [0.5, 0.6) is 0 Å². The van der Waals surface area contributed by atoms with Gasteiger partial charge in [0.15, 0.2) is 3.77 Å². The SMILES string of the molecule is CC(C)(C)OC(=O)[C@H]1N[C@H](c2ccc(I)s2)[C@]2(C(=O)Nc3ccccc32)[C@@H]1c1ccc(I)o1. The highest BCUT2D eigenvalue weighted by Gasteiger charge is 2.67. The molecule has 0 bridgehead atoms. The molecule has 1 spiro atoms. The second-order valence-electron chi connectivity index (χ2n) is 9.24. The smallest absolute Gasteiger partial charge is 0.324 e. The Morgan fingerprint density at radius 1 is 1.12 bits per heavy atom. The highest BCUT2D eigenvalue weighted by atomic mass is 127. The molecule has 0 radical (unpaired) electrons. The molecule has 1 saturated heterocycles.